The van der Waals surface area contributed by atoms with Gasteiger partial charge in [0.05, 0.1) is 39.9 Å². The lowest BCUT2D eigenvalue weighted by molar-refractivity contribution is -0.870. The first-order chi connectivity index (χ1) is 18.0. The number of hydrogen-bond donors (Lipinski definition) is 3. The van der Waals surface area contributed by atoms with Crippen molar-refractivity contribution < 1.29 is 32.9 Å². The zero-order chi connectivity index (χ0) is 28.7. The van der Waals surface area contributed by atoms with Crippen LogP contribution in [-0.4, -0.2) is 73.4 Å². The number of rotatable bonds is 26. The third-order valence-corrected chi connectivity index (χ3v) is 7.50. The monoisotopic (exact) mass is 563 g/mol. The molecule has 3 atom stereocenters. The third-order valence-electron chi connectivity index (χ3n) is 6.51. The minimum Gasteiger partial charge on any atom is -0.391 e. The molecule has 0 aromatic heterocycles. The van der Waals surface area contributed by atoms with E-state index in [4.69, 9.17) is 9.05 Å². The number of amides is 1. The molecule has 0 rings (SSSR count). The maximum atomic E-state index is 12.6. The molecule has 0 spiro atoms. The molecule has 0 aliphatic heterocycles. The molecule has 0 aromatic carbocycles. The molecule has 3 N–H and O–H groups in total. The standard InChI is InChI=1S/C29H59N2O6P/c1-6-8-10-12-13-14-15-16-17-18-19-21-23-29(33)30-27(28(32)22-20-11-9-7-2)26-37-38(34,35)36-25-24-31(3,4)5/h13-14,27-28,32H,6-12,15-26H2,1-5H3,(H-,30,33,34,35)/p+1/b14-13-. The van der Waals surface area contributed by atoms with Gasteiger partial charge in [-0.25, -0.2) is 4.57 Å². The number of quaternary nitrogens is 1. The number of nitrogens with one attached hydrogen (secondary N) is 1. The Balaban J connectivity index is 4.44. The molecule has 38 heavy (non-hydrogen) atoms. The van der Waals surface area contributed by atoms with Gasteiger partial charge in [0.15, 0.2) is 0 Å². The Morgan fingerprint density at radius 1 is 0.868 bits per heavy atom. The SMILES string of the molecule is CCCCC/C=C\CCCCCCCC(=O)NC(COP(=O)(O)OCC[N+](C)(C)C)C(O)CCCCCC. The largest absolute Gasteiger partial charge is 0.472 e. The van der Waals surface area contributed by atoms with Gasteiger partial charge in [-0.3, -0.25) is 13.8 Å². The summed E-state index contributed by atoms with van der Waals surface area (Å²) < 4.78 is 23.2. The molecular formula is C29H60N2O6P+. The van der Waals surface area contributed by atoms with Crippen LogP contribution in [-0.2, 0) is 18.4 Å². The van der Waals surface area contributed by atoms with Crippen molar-refractivity contribution in [2.24, 2.45) is 0 Å². The molecule has 0 saturated heterocycles. The highest BCUT2D eigenvalue weighted by atomic mass is 31.2. The second-order valence-electron chi connectivity index (χ2n) is 11.5. The summed E-state index contributed by atoms with van der Waals surface area (Å²) in [6.45, 7) is 4.69. The summed E-state index contributed by atoms with van der Waals surface area (Å²) in [5.41, 5.74) is 0. The normalized spacial score (nSPS) is 15.4. The molecular weight excluding hydrogens is 503 g/mol. The average Bonchev–Trinajstić information content (AvgIpc) is 2.84. The Bertz CT molecular complexity index is 653. The maximum Gasteiger partial charge on any atom is 0.472 e. The average molecular weight is 564 g/mol. The van der Waals surface area contributed by atoms with Gasteiger partial charge in [-0.15, -0.1) is 0 Å². The molecule has 0 radical (unpaired) electrons. The van der Waals surface area contributed by atoms with Crippen LogP contribution in [0, 0.1) is 0 Å². The Kier molecular flexibility index (Phi) is 22.5. The minimum absolute atomic E-state index is 0.0725. The summed E-state index contributed by atoms with van der Waals surface area (Å²) >= 11 is 0. The lowest BCUT2D eigenvalue weighted by Gasteiger charge is -2.26. The summed E-state index contributed by atoms with van der Waals surface area (Å²) in [7, 11) is 1.60. The van der Waals surface area contributed by atoms with Crippen molar-refractivity contribution in [3.63, 3.8) is 0 Å². The number of nitrogens with zero attached hydrogens (tertiary/aromatic N) is 1. The summed E-state index contributed by atoms with van der Waals surface area (Å²) in [4.78, 5) is 22.6. The Hall–Kier alpha value is -0.760. The highest BCUT2D eigenvalue weighted by Crippen LogP contribution is 2.43. The van der Waals surface area contributed by atoms with E-state index >= 15 is 0 Å². The van der Waals surface area contributed by atoms with Crippen LogP contribution in [0.25, 0.3) is 0 Å². The van der Waals surface area contributed by atoms with E-state index < -0.39 is 20.0 Å². The van der Waals surface area contributed by atoms with Crippen LogP contribution in [0.5, 0.6) is 0 Å². The lowest BCUT2D eigenvalue weighted by Crippen LogP contribution is -2.46. The van der Waals surface area contributed by atoms with Crippen molar-refractivity contribution in [2.45, 2.75) is 129 Å². The Morgan fingerprint density at radius 2 is 1.42 bits per heavy atom. The van der Waals surface area contributed by atoms with Gasteiger partial charge in [-0.05, 0) is 38.5 Å². The van der Waals surface area contributed by atoms with Gasteiger partial charge < -0.3 is 19.8 Å². The summed E-state index contributed by atoms with van der Waals surface area (Å²) in [6.07, 6.45) is 20.0. The molecule has 0 saturated carbocycles. The minimum atomic E-state index is -4.28. The highest BCUT2D eigenvalue weighted by Gasteiger charge is 2.28. The van der Waals surface area contributed by atoms with Crippen molar-refractivity contribution in [2.75, 3.05) is 40.9 Å². The van der Waals surface area contributed by atoms with Crippen molar-refractivity contribution in [3.8, 4) is 0 Å². The Labute approximate surface area is 233 Å². The fourth-order valence-electron chi connectivity index (χ4n) is 3.98. The van der Waals surface area contributed by atoms with Gasteiger partial charge in [-0.1, -0.05) is 83.8 Å². The fraction of sp³-hybridized carbons (Fsp3) is 0.897. The number of carbonyl (C=O) groups is 1. The molecule has 1 amide bonds. The van der Waals surface area contributed by atoms with Gasteiger partial charge in [0, 0.05) is 6.42 Å². The summed E-state index contributed by atoms with van der Waals surface area (Å²) in [5.74, 6) is -0.167. The second-order valence-corrected chi connectivity index (χ2v) is 12.9. The number of aliphatic hydroxyl groups excluding tert-OH is 1. The van der Waals surface area contributed by atoms with Crippen molar-refractivity contribution >= 4 is 13.7 Å². The zero-order valence-electron chi connectivity index (χ0n) is 25.2. The van der Waals surface area contributed by atoms with Crippen LogP contribution >= 0.6 is 7.82 Å². The maximum absolute atomic E-state index is 12.6. The van der Waals surface area contributed by atoms with E-state index in [1.54, 1.807) is 0 Å². The van der Waals surface area contributed by atoms with Crippen molar-refractivity contribution in [1.29, 1.82) is 0 Å². The number of aliphatic hydroxyl groups is 1. The molecule has 0 aliphatic carbocycles. The molecule has 8 nitrogen and oxygen atoms in total. The number of unbranched alkanes of at least 4 members (excludes halogenated alkanes) is 11. The number of phosphoric ester groups is 1. The van der Waals surface area contributed by atoms with E-state index in [2.05, 4.69) is 31.3 Å². The van der Waals surface area contributed by atoms with Gasteiger partial charge in [0.1, 0.15) is 13.2 Å². The molecule has 9 heteroatoms. The van der Waals surface area contributed by atoms with Crippen LogP contribution in [0.15, 0.2) is 12.2 Å². The molecule has 0 aromatic rings. The number of hydrogen-bond acceptors (Lipinski definition) is 5. The zero-order valence-corrected chi connectivity index (χ0v) is 26.1. The smallest absolute Gasteiger partial charge is 0.391 e. The highest BCUT2D eigenvalue weighted by molar-refractivity contribution is 7.47. The van der Waals surface area contributed by atoms with E-state index in [1.807, 2.05) is 21.1 Å². The van der Waals surface area contributed by atoms with Gasteiger partial charge in [0.25, 0.3) is 0 Å². The molecule has 226 valence electrons. The first kappa shape index (κ1) is 37.2. The van der Waals surface area contributed by atoms with Crippen LogP contribution in [0.3, 0.4) is 0 Å². The number of phosphoric acid groups is 1. The predicted molar refractivity (Wildman–Crippen MR) is 157 cm³/mol. The van der Waals surface area contributed by atoms with Crippen LogP contribution in [0.1, 0.15) is 117 Å². The fourth-order valence-corrected chi connectivity index (χ4v) is 4.71. The van der Waals surface area contributed by atoms with Gasteiger partial charge >= 0.3 is 7.82 Å². The van der Waals surface area contributed by atoms with Gasteiger partial charge in [-0.2, -0.15) is 0 Å². The van der Waals surface area contributed by atoms with Crippen LogP contribution in [0.2, 0.25) is 0 Å². The first-order valence-corrected chi connectivity index (χ1v) is 16.5. The van der Waals surface area contributed by atoms with Crippen molar-refractivity contribution in [1.82, 2.24) is 5.32 Å². The number of carbonyl (C=O) groups excluding carboxylic acids is 1. The number of allylic oxidation sites excluding steroid dienone is 2. The van der Waals surface area contributed by atoms with E-state index in [0.29, 0.717) is 23.9 Å². The van der Waals surface area contributed by atoms with E-state index in [9.17, 15) is 19.4 Å². The topological polar surface area (TPSA) is 105 Å². The molecule has 3 unspecified atom stereocenters. The van der Waals surface area contributed by atoms with Crippen LogP contribution < -0.4 is 5.32 Å². The Morgan fingerprint density at radius 3 is 2.05 bits per heavy atom. The van der Waals surface area contributed by atoms with Gasteiger partial charge in [0.2, 0.25) is 5.91 Å². The van der Waals surface area contributed by atoms with E-state index in [0.717, 1.165) is 57.8 Å². The van der Waals surface area contributed by atoms with Crippen molar-refractivity contribution in [3.05, 3.63) is 12.2 Å². The summed E-state index contributed by atoms with van der Waals surface area (Å²) in [6, 6.07) is -0.754. The van der Waals surface area contributed by atoms with E-state index in [-0.39, 0.29) is 19.1 Å². The van der Waals surface area contributed by atoms with Crippen LogP contribution in [0.4, 0.5) is 0 Å². The predicted octanol–water partition coefficient (Wildman–Crippen LogP) is 6.51. The quantitative estimate of drug-likeness (QED) is 0.0480. The number of likely N-dealkylation sites (N-methyl/N-ethyl adjacent to an activating group) is 1. The van der Waals surface area contributed by atoms with E-state index in [1.165, 1.54) is 32.1 Å². The first-order valence-electron chi connectivity index (χ1n) is 15.1. The lowest BCUT2D eigenvalue weighted by atomic mass is 10.0. The second kappa shape index (κ2) is 23.0. The third kappa shape index (κ3) is 24.3. The molecule has 0 heterocycles. The molecule has 0 bridgehead atoms. The molecule has 0 fully saturated rings. The molecule has 0 aliphatic rings. The summed E-state index contributed by atoms with van der Waals surface area (Å²) in [5, 5.41) is 13.5.